The van der Waals surface area contributed by atoms with E-state index in [1.54, 1.807) is 0 Å². The molecule has 2 saturated heterocycles. The van der Waals surface area contributed by atoms with Crippen molar-refractivity contribution in [1.29, 1.82) is 0 Å². The van der Waals surface area contributed by atoms with Gasteiger partial charge in [-0.15, -0.1) is 0 Å². The summed E-state index contributed by atoms with van der Waals surface area (Å²) >= 11 is 0. The molecule has 2 fully saturated rings. The average Bonchev–Trinajstić information content (AvgIpc) is 3.04. The van der Waals surface area contributed by atoms with E-state index < -0.39 is 0 Å². The molecule has 0 unspecified atom stereocenters. The summed E-state index contributed by atoms with van der Waals surface area (Å²) in [5.74, 6) is 0.0300. The van der Waals surface area contributed by atoms with Crippen LogP contribution in [0.25, 0.3) is 0 Å². The van der Waals surface area contributed by atoms with Crippen LogP contribution in [0, 0.1) is 5.92 Å². The van der Waals surface area contributed by atoms with E-state index in [0.29, 0.717) is 0 Å². The van der Waals surface area contributed by atoms with Crippen LogP contribution in [0.2, 0.25) is 0 Å². The third-order valence-electron chi connectivity index (χ3n) is 5.84. The van der Waals surface area contributed by atoms with E-state index in [0.717, 1.165) is 44.1 Å². The third kappa shape index (κ3) is 3.66. The van der Waals surface area contributed by atoms with E-state index >= 15 is 0 Å². The summed E-state index contributed by atoms with van der Waals surface area (Å²) in [6.45, 7) is 8.52. The summed E-state index contributed by atoms with van der Waals surface area (Å²) in [6.07, 6.45) is 12.8. The van der Waals surface area contributed by atoms with Crippen molar-refractivity contribution >= 4 is 5.97 Å². The fourth-order valence-corrected chi connectivity index (χ4v) is 4.13. The molecule has 0 N–H and O–H groups in total. The van der Waals surface area contributed by atoms with Crippen molar-refractivity contribution in [2.24, 2.45) is 5.92 Å². The van der Waals surface area contributed by atoms with Crippen molar-refractivity contribution < 1.29 is 14.3 Å². The van der Waals surface area contributed by atoms with Gasteiger partial charge in [0.2, 0.25) is 0 Å². The van der Waals surface area contributed by atoms with Gasteiger partial charge in [-0.1, -0.05) is 29.4 Å². The number of carbonyl (C=O) groups is 1. The Bertz CT molecular complexity index is 598. The van der Waals surface area contributed by atoms with Gasteiger partial charge in [-0.3, -0.25) is 0 Å². The van der Waals surface area contributed by atoms with Crippen molar-refractivity contribution in [2.75, 3.05) is 0 Å². The summed E-state index contributed by atoms with van der Waals surface area (Å²) in [5.41, 5.74) is 3.59. The number of carbonyl (C=O) groups excluding carboxylic acids is 1. The second-order valence-corrected chi connectivity index (χ2v) is 7.83. The van der Waals surface area contributed by atoms with Gasteiger partial charge in [0.25, 0.3) is 0 Å². The van der Waals surface area contributed by atoms with E-state index in [2.05, 4.69) is 32.9 Å². The number of ether oxygens (including phenoxy) is 2. The lowest BCUT2D eigenvalue weighted by molar-refractivity contribution is -0.139. The first-order valence-electron chi connectivity index (χ1n) is 9.29. The largest absolute Gasteiger partial charge is 0.458 e. The van der Waals surface area contributed by atoms with Crippen LogP contribution in [0.3, 0.4) is 0 Å². The molecule has 0 saturated carbocycles. The number of epoxide rings is 1. The highest BCUT2D eigenvalue weighted by atomic mass is 16.6. The minimum absolute atomic E-state index is 0.0270. The lowest BCUT2D eigenvalue weighted by atomic mass is 9.84. The maximum Gasteiger partial charge on any atom is 0.334 e. The lowest BCUT2D eigenvalue weighted by Gasteiger charge is -2.18. The normalized spacial score (nSPS) is 43.6. The van der Waals surface area contributed by atoms with Crippen LogP contribution in [0.15, 0.2) is 34.9 Å². The number of fused-ring (bicyclic) bond motifs is 2. The first-order chi connectivity index (χ1) is 11.4. The molecule has 0 amide bonds. The third-order valence-corrected chi connectivity index (χ3v) is 5.84. The molecule has 2 heterocycles. The highest BCUT2D eigenvalue weighted by Gasteiger charge is 2.54. The van der Waals surface area contributed by atoms with Gasteiger partial charge in [0.15, 0.2) is 0 Å². The molecule has 0 bridgehead atoms. The Morgan fingerprint density at radius 1 is 1.21 bits per heavy atom. The van der Waals surface area contributed by atoms with E-state index in [1.807, 2.05) is 13.0 Å². The fraction of sp³-hybridized carbons (Fsp3) is 0.667. The van der Waals surface area contributed by atoms with Crippen molar-refractivity contribution in [3.8, 4) is 0 Å². The van der Waals surface area contributed by atoms with Gasteiger partial charge in [-0.05, 0) is 59.8 Å². The predicted molar refractivity (Wildman–Crippen MR) is 95.6 cm³/mol. The molecule has 0 aromatic heterocycles. The van der Waals surface area contributed by atoms with Crippen LogP contribution in [0.4, 0.5) is 0 Å². The van der Waals surface area contributed by atoms with Crippen LogP contribution in [0.5, 0.6) is 0 Å². The van der Waals surface area contributed by atoms with Crippen LogP contribution in [0.1, 0.15) is 66.2 Å². The van der Waals surface area contributed by atoms with Crippen LogP contribution < -0.4 is 0 Å². The fourth-order valence-electron chi connectivity index (χ4n) is 4.13. The quantitative estimate of drug-likeness (QED) is 0.275. The molecule has 24 heavy (non-hydrogen) atoms. The SMILES string of the molecule is C/C=C1\C(=O)O[C@H]2C/C(C)=C/CC/C(C)=C/CC[C@@]3(C)O[C@@H]3C[C@@H]12. The Hall–Kier alpha value is -1.35. The Morgan fingerprint density at radius 2 is 1.96 bits per heavy atom. The van der Waals surface area contributed by atoms with Crippen LogP contribution in [-0.2, 0) is 14.3 Å². The Kier molecular flexibility index (Phi) is 5.00. The molecule has 1 aliphatic carbocycles. The minimum atomic E-state index is -0.135. The summed E-state index contributed by atoms with van der Waals surface area (Å²) in [4.78, 5) is 12.2. The predicted octanol–water partition coefficient (Wildman–Crippen LogP) is 4.88. The van der Waals surface area contributed by atoms with Crippen molar-refractivity contribution in [3.05, 3.63) is 34.9 Å². The molecule has 0 aromatic rings. The topological polar surface area (TPSA) is 38.8 Å². The number of esters is 1. The standard InChI is InChI=1S/C21H30O3/c1-5-16-17-13-19-21(4,24-19)11-7-10-14(2)8-6-9-15(3)12-18(17)23-20(16)22/h5,9-10,17-19H,6-8,11-13H2,1-4H3/b14-10+,15-9+,16-5-/t17-,18-,19+,21+/m0/s1. The molecule has 0 aromatic carbocycles. The van der Waals surface area contributed by atoms with Crippen molar-refractivity contribution in [3.63, 3.8) is 0 Å². The molecule has 3 heteroatoms. The van der Waals surface area contributed by atoms with Gasteiger partial charge in [-0.2, -0.15) is 0 Å². The molecule has 2 aliphatic heterocycles. The maximum atomic E-state index is 12.2. The van der Waals surface area contributed by atoms with Gasteiger partial charge in [0, 0.05) is 17.9 Å². The smallest absolute Gasteiger partial charge is 0.334 e. The highest BCUT2D eigenvalue weighted by Crippen LogP contribution is 2.47. The number of hydrogen-bond acceptors (Lipinski definition) is 3. The van der Waals surface area contributed by atoms with Crippen LogP contribution >= 0.6 is 0 Å². The minimum Gasteiger partial charge on any atom is -0.458 e. The summed E-state index contributed by atoms with van der Waals surface area (Å²) in [7, 11) is 0. The second-order valence-electron chi connectivity index (χ2n) is 7.83. The molecular weight excluding hydrogens is 300 g/mol. The molecular formula is C21H30O3. The van der Waals surface area contributed by atoms with E-state index in [-0.39, 0.29) is 29.7 Å². The number of rotatable bonds is 0. The zero-order chi connectivity index (χ0) is 17.3. The average molecular weight is 330 g/mol. The van der Waals surface area contributed by atoms with Gasteiger partial charge in [0.05, 0.1) is 11.7 Å². The maximum absolute atomic E-state index is 12.2. The van der Waals surface area contributed by atoms with E-state index in [1.165, 1.54) is 11.1 Å². The van der Waals surface area contributed by atoms with Gasteiger partial charge in [0.1, 0.15) is 6.10 Å². The molecule has 0 spiro atoms. The van der Waals surface area contributed by atoms with Gasteiger partial charge < -0.3 is 9.47 Å². The summed E-state index contributed by atoms with van der Waals surface area (Å²) < 4.78 is 11.7. The lowest BCUT2D eigenvalue weighted by Crippen LogP contribution is -2.21. The molecule has 3 aliphatic rings. The first-order valence-corrected chi connectivity index (χ1v) is 9.29. The molecule has 132 valence electrons. The van der Waals surface area contributed by atoms with E-state index in [4.69, 9.17) is 9.47 Å². The second kappa shape index (κ2) is 6.87. The summed E-state index contributed by atoms with van der Waals surface area (Å²) in [6, 6.07) is 0. The molecule has 0 radical (unpaired) electrons. The van der Waals surface area contributed by atoms with Crippen molar-refractivity contribution in [2.45, 2.75) is 84.0 Å². The molecule has 3 rings (SSSR count). The van der Waals surface area contributed by atoms with Crippen molar-refractivity contribution in [1.82, 2.24) is 0 Å². The Balaban J connectivity index is 1.81. The zero-order valence-corrected chi connectivity index (χ0v) is 15.4. The molecule has 3 nitrogen and oxygen atoms in total. The summed E-state index contributed by atoms with van der Waals surface area (Å²) in [5, 5.41) is 0. The van der Waals surface area contributed by atoms with Gasteiger partial charge in [-0.25, -0.2) is 4.79 Å². The van der Waals surface area contributed by atoms with Crippen LogP contribution in [-0.4, -0.2) is 23.8 Å². The van der Waals surface area contributed by atoms with E-state index in [9.17, 15) is 4.79 Å². The number of hydrogen-bond donors (Lipinski definition) is 0. The Labute approximate surface area is 145 Å². The highest BCUT2D eigenvalue weighted by molar-refractivity contribution is 5.91. The Morgan fingerprint density at radius 3 is 2.71 bits per heavy atom. The van der Waals surface area contributed by atoms with Gasteiger partial charge >= 0.3 is 5.97 Å². The molecule has 4 atom stereocenters. The first kappa shape index (κ1) is 17.5. The number of allylic oxidation sites excluding steroid dienone is 4. The monoisotopic (exact) mass is 330 g/mol. The zero-order valence-electron chi connectivity index (χ0n) is 15.4.